The molecule has 0 unspecified atom stereocenters. The zero-order valence-electron chi connectivity index (χ0n) is 20.1. The molecular formula is C27H26F3N3O4. The quantitative estimate of drug-likeness (QED) is 0.483. The van der Waals surface area contributed by atoms with Gasteiger partial charge in [0.2, 0.25) is 0 Å². The molecule has 1 N–H and O–H groups in total. The summed E-state index contributed by atoms with van der Waals surface area (Å²) in [6.07, 6.45) is -4.61. The molecule has 1 aliphatic heterocycles. The number of anilines is 3. The third kappa shape index (κ3) is 6.59. The van der Waals surface area contributed by atoms with Crippen molar-refractivity contribution in [3.8, 4) is 5.75 Å². The summed E-state index contributed by atoms with van der Waals surface area (Å²) in [5, 5.41) is 2.39. The van der Waals surface area contributed by atoms with E-state index < -0.39 is 23.6 Å². The molecule has 3 aromatic carbocycles. The maximum absolute atomic E-state index is 13.4. The summed E-state index contributed by atoms with van der Waals surface area (Å²) in [6, 6.07) is 19.3. The molecule has 1 aliphatic rings. The van der Waals surface area contributed by atoms with Gasteiger partial charge in [-0.15, -0.1) is 0 Å². The lowest BCUT2D eigenvalue weighted by Crippen LogP contribution is -2.39. The van der Waals surface area contributed by atoms with E-state index in [0.29, 0.717) is 50.0 Å². The average molecular weight is 514 g/mol. The van der Waals surface area contributed by atoms with Crippen molar-refractivity contribution in [2.24, 2.45) is 0 Å². The summed E-state index contributed by atoms with van der Waals surface area (Å²) in [6.45, 7) is 2.01. The lowest BCUT2D eigenvalue weighted by Gasteiger charge is -2.31. The van der Waals surface area contributed by atoms with E-state index in [-0.39, 0.29) is 5.69 Å². The van der Waals surface area contributed by atoms with Gasteiger partial charge in [0.15, 0.2) is 0 Å². The maximum atomic E-state index is 13.4. The first-order chi connectivity index (χ1) is 17.7. The number of amides is 2. The minimum Gasteiger partial charge on any atom is -0.489 e. The Kier molecular flexibility index (Phi) is 7.98. The van der Waals surface area contributed by atoms with Crippen molar-refractivity contribution < 1.29 is 32.2 Å². The van der Waals surface area contributed by atoms with Crippen molar-refractivity contribution in [3.05, 3.63) is 83.9 Å². The van der Waals surface area contributed by atoms with Crippen LogP contribution < -0.4 is 19.9 Å². The van der Waals surface area contributed by atoms with Crippen molar-refractivity contribution in [3.63, 3.8) is 0 Å². The van der Waals surface area contributed by atoms with Gasteiger partial charge in [0, 0.05) is 31.9 Å². The molecule has 3 aromatic rings. The van der Waals surface area contributed by atoms with Gasteiger partial charge in [-0.05, 0) is 35.9 Å². The van der Waals surface area contributed by atoms with Gasteiger partial charge in [0.1, 0.15) is 12.4 Å². The Balaban J connectivity index is 1.49. The second-order valence-electron chi connectivity index (χ2n) is 8.42. The number of rotatable bonds is 6. The highest BCUT2D eigenvalue weighted by atomic mass is 19.4. The fraction of sp³-hybridized carbons (Fsp3) is 0.259. The number of nitrogens with zero attached hydrogens (tertiary/aromatic N) is 2. The Morgan fingerprint density at radius 1 is 1.00 bits per heavy atom. The molecule has 0 radical (unpaired) electrons. The van der Waals surface area contributed by atoms with Gasteiger partial charge in [-0.2, -0.15) is 13.2 Å². The Hall–Kier alpha value is -4.05. The normalized spacial score (nSPS) is 13.7. The Morgan fingerprint density at radius 3 is 2.43 bits per heavy atom. The summed E-state index contributed by atoms with van der Waals surface area (Å²) >= 11 is 0. The van der Waals surface area contributed by atoms with Gasteiger partial charge in [0.05, 0.1) is 30.2 Å². The number of carbonyl (C=O) groups is 2. The van der Waals surface area contributed by atoms with E-state index in [0.717, 1.165) is 22.6 Å². The minimum absolute atomic E-state index is 0.0941. The van der Waals surface area contributed by atoms with Crippen LogP contribution in [0, 0.1) is 0 Å². The molecule has 7 nitrogen and oxygen atoms in total. The van der Waals surface area contributed by atoms with E-state index in [4.69, 9.17) is 9.47 Å². The molecule has 194 valence electrons. The largest absolute Gasteiger partial charge is 0.489 e. The molecule has 2 amide bonds. The fourth-order valence-corrected chi connectivity index (χ4v) is 3.86. The lowest BCUT2D eigenvalue weighted by molar-refractivity contribution is -0.137. The minimum atomic E-state index is -4.61. The van der Waals surface area contributed by atoms with Crippen molar-refractivity contribution >= 4 is 28.9 Å². The average Bonchev–Trinajstić information content (AvgIpc) is 2.91. The molecule has 0 spiro atoms. The van der Waals surface area contributed by atoms with Gasteiger partial charge in [-0.25, -0.2) is 0 Å². The predicted molar refractivity (Wildman–Crippen MR) is 134 cm³/mol. The Bertz CT molecular complexity index is 1250. The summed E-state index contributed by atoms with van der Waals surface area (Å²) < 4.78 is 51.2. The molecule has 0 bridgehead atoms. The zero-order chi connectivity index (χ0) is 26.4. The topological polar surface area (TPSA) is 71.1 Å². The number of carbonyl (C=O) groups excluding carboxylic acids is 2. The van der Waals surface area contributed by atoms with Crippen LogP contribution in [0.25, 0.3) is 0 Å². The SMILES string of the molecule is CN(C(=O)C(=O)Nc1cc(C(F)(F)F)ccc1N1CCOCC1)c1cccc(OCc2ccccc2)c1. The van der Waals surface area contributed by atoms with Crippen LogP contribution >= 0.6 is 0 Å². The molecule has 0 saturated carbocycles. The number of ether oxygens (including phenoxy) is 2. The van der Waals surface area contributed by atoms with Crippen LogP contribution in [0.5, 0.6) is 5.75 Å². The standard InChI is InChI=1S/C27H26F3N3O4/c1-32(21-8-5-9-22(17-21)37-18-19-6-3-2-4-7-19)26(35)25(34)31-23-16-20(27(28,29)30)10-11-24(23)33-12-14-36-15-13-33/h2-11,16-17H,12-15,18H2,1H3,(H,31,34). The molecule has 0 atom stereocenters. The van der Waals surface area contributed by atoms with Crippen molar-refractivity contribution in [1.29, 1.82) is 0 Å². The maximum Gasteiger partial charge on any atom is 0.416 e. The number of likely N-dealkylation sites (N-methyl/N-ethyl adjacent to an activating group) is 1. The van der Waals surface area contributed by atoms with E-state index in [2.05, 4.69) is 5.32 Å². The molecule has 1 fully saturated rings. The summed E-state index contributed by atoms with van der Waals surface area (Å²) in [5.41, 5.74) is 0.723. The number of nitrogens with one attached hydrogen (secondary N) is 1. The number of hydrogen-bond donors (Lipinski definition) is 1. The molecule has 0 aromatic heterocycles. The molecule has 1 heterocycles. The van der Waals surface area contributed by atoms with E-state index in [1.165, 1.54) is 13.1 Å². The highest BCUT2D eigenvalue weighted by Gasteiger charge is 2.32. The van der Waals surface area contributed by atoms with Crippen LogP contribution in [0.15, 0.2) is 72.8 Å². The second kappa shape index (κ2) is 11.3. The first-order valence-corrected chi connectivity index (χ1v) is 11.6. The van der Waals surface area contributed by atoms with Crippen molar-refractivity contribution in [1.82, 2.24) is 0 Å². The van der Waals surface area contributed by atoms with Gasteiger partial charge < -0.3 is 24.6 Å². The molecule has 37 heavy (non-hydrogen) atoms. The summed E-state index contributed by atoms with van der Waals surface area (Å²) in [7, 11) is 1.41. The van der Waals surface area contributed by atoms with E-state index in [1.54, 1.807) is 29.2 Å². The molecule has 1 saturated heterocycles. The monoisotopic (exact) mass is 513 g/mol. The number of halogens is 3. The van der Waals surface area contributed by atoms with E-state index >= 15 is 0 Å². The highest BCUT2D eigenvalue weighted by molar-refractivity contribution is 6.44. The Labute approximate surface area is 212 Å². The summed E-state index contributed by atoms with van der Waals surface area (Å²) in [5.74, 6) is -1.51. The third-order valence-electron chi connectivity index (χ3n) is 5.88. The van der Waals surface area contributed by atoms with Gasteiger partial charge >= 0.3 is 18.0 Å². The van der Waals surface area contributed by atoms with Gasteiger partial charge in [0.25, 0.3) is 0 Å². The fourth-order valence-electron chi connectivity index (χ4n) is 3.86. The predicted octanol–water partition coefficient (Wildman–Crippen LogP) is 4.72. The number of alkyl halides is 3. The van der Waals surface area contributed by atoms with Crippen LogP contribution in [-0.4, -0.2) is 45.2 Å². The van der Waals surface area contributed by atoms with Crippen molar-refractivity contribution in [2.75, 3.05) is 48.5 Å². The number of benzene rings is 3. The first kappa shape index (κ1) is 26.0. The number of morpholine rings is 1. The van der Waals surface area contributed by atoms with Crippen LogP contribution in [0.4, 0.5) is 30.2 Å². The zero-order valence-corrected chi connectivity index (χ0v) is 20.1. The van der Waals surface area contributed by atoms with Crippen LogP contribution in [0.1, 0.15) is 11.1 Å². The molecular weight excluding hydrogens is 487 g/mol. The second-order valence-corrected chi connectivity index (χ2v) is 8.42. The molecule has 0 aliphatic carbocycles. The van der Waals surface area contributed by atoms with Crippen LogP contribution in [0.2, 0.25) is 0 Å². The van der Waals surface area contributed by atoms with E-state index in [9.17, 15) is 22.8 Å². The van der Waals surface area contributed by atoms with E-state index in [1.807, 2.05) is 30.3 Å². The first-order valence-electron chi connectivity index (χ1n) is 11.6. The van der Waals surface area contributed by atoms with Crippen LogP contribution in [0.3, 0.4) is 0 Å². The third-order valence-corrected chi connectivity index (χ3v) is 5.88. The Morgan fingerprint density at radius 2 is 1.73 bits per heavy atom. The van der Waals surface area contributed by atoms with Gasteiger partial charge in [-0.3, -0.25) is 9.59 Å². The molecule has 4 rings (SSSR count). The van der Waals surface area contributed by atoms with Crippen molar-refractivity contribution in [2.45, 2.75) is 12.8 Å². The molecule has 10 heteroatoms. The number of hydrogen-bond acceptors (Lipinski definition) is 5. The smallest absolute Gasteiger partial charge is 0.416 e. The van der Waals surface area contributed by atoms with Gasteiger partial charge in [-0.1, -0.05) is 36.4 Å². The summed E-state index contributed by atoms with van der Waals surface area (Å²) in [4.78, 5) is 28.7. The lowest BCUT2D eigenvalue weighted by atomic mass is 10.1. The van der Waals surface area contributed by atoms with Crippen LogP contribution in [-0.2, 0) is 27.1 Å². The highest BCUT2D eigenvalue weighted by Crippen LogP contribution is 2.36.